The summed E-state index contributed by atoms with van der Waals surface area (Å²) < 4.78 is 0. The number of nitrogens with zero attached hydrogens (tertiary/aromatic N) is 1. The number of imide groups is 1. The molecule has 5 nitrogen and oxygen atoms in total. The highest BCUT2D eigenvalue weighted by molar-refractivity contribution is 6.38. The van der Waals surface area contributed by atoms with Crippen LogP contribution in [0.3, 0.4) is 0 Å². The van der Waals surface area contributed by atoms with E-state index >= 15 is 0 Å². The monoisotopic (exact) mass is 378 g/mol. The lowest BCUT2D eigenvalue weighted by Gasteiger charge is -2.27. The minimum atomic E-state index is -0.581. The minimum Gasteiger partial charge on any atom is -0.267 e. The van der Waals surface area contributed by atoms with E-state index < -0.39 is 17.7 Å². The fourth-order valence-corrected chi connectivity index (χ4v) is 3.59. The van der Waals surface area contributed by atoms with Gasteiger partial charge in [0, 0.05) is 21.4 Å². The van der Waals surface area contributed by atoms with Gasteiger partial charge in [0.1, 0.15) is 0 Å². The van der Waals surface area contributed by atoms with Crippen LogP contribution in [0.25, 0.3) is 10.8 Å². The second kappa shape index (κ2) is 6.52. The summed E-state index contributed by atoms with van der Waals surface area (Å²) >= 11 is 6.21. The fraction of sp³-hybridized carbons (Fsp3) is 0.0952. The maximum atomic E-state index is 12.9. The van der Waals surface area contributed by atoms with Gasteiger partial charge < -0.3 is 0 Å². The predicted molar refractivity (Wildman–Crippen MR) is 103 cm³/mol. The minimum absolute atomic E-state index is 0.327. The molecule has 0 saturated carbocycles. The van der Waals surface area contributed by atoms with Gasteiger partial charge in [-0.05, 0) is 36.2 Å². The molecule has 4 rings (SSSR count). The second-order valence-electron chi connectivity index (χ2n) is 6.22. The molecule has 27 heavy (non-hydrogen) atoms. The largest absolute Gasteiger partial charge is 0.280 e. The summed E-state index contributed by atoms with van der Waals surface area (Å²) in [6.45, 7) is 1.93. The number of nitrogens with one attached hydrogen (secondary N) is 1. The van der Waals surface area contributed by atoms with Crippen molar-refractivity contribution in [3.05, 3.63) is 81.9 Å². The molecule has 3 aromatic carbocycles. The Labute approximate surface area is 160 Å². The lowest BCUT2D eigenvalue weighted by molar-refractivity contribution is 0.0478. The van der Waals surface area contributed by atoms with Crippen LogP contribution in [0, 0.1) is 0 Å². The third kappa shape index (κ3) is 2.67. The molecule has 0 unspecified atom stereocenters. The third-order valence-electron chi connectivity index (χ3n) is 4.71. The Bertz CT molecular complexity index is 1100. The lowest BCUT2D eigenvalue weighted by atomic mass is 9.95. The summed E-state index contributed by atoms with van der Waals surface area (Å²) in [5.41, 5.74) is 4.39. The molecular weight excluding hydrogens is 364 g/mol. The zero-order valence-electron chi connectivity index (χ0n) is 14.5. The number of hydrogen-bond donors (Lipinski definition) is 1. The molecule has 1 heterocycles. The number of rotatable bonds is 3. The molecule has 0 bridgehead atoms. The van der Waals surface area contributed by atoms with Crippen LogP contribution in [-0.4, -0.2) is 22.7 Å². The molecule has 0 atom stereocenters. The van der Waals surface area contributed by atoms with Gasteiger partial charge in [-0.25, -0.2) is 0 Å². The molecule has 0 radical (unpaired) electrons. The highest BCUT2D eigenvalue weighted by atomic mass is 35.5. The maximum Gasteiger partial charge on any atom is 0.280 e. The summed E-state index contributed by atoms with van der Waals surface area (Å²) in [7, 11) is 0. The highest BCUT2D eigenvalue weighted by Gasteiger charge is 2.34. The third-order valence-corrected chi connectivity index (χ3v) is 5.04. The van der Waals surface area contributed by atoms with Gasteiger partial charge >= 0.3 is 0 Å². The molecule has 0 spiro atoms. The molecule has 0 saturated heterocycles. The Hall–Kier alpha value is -3.18. The first-order valence-electron chi connectivity index (χ1n) is 8.51. The van der Waals surface area contributed by atoms with Crippen LogP contribution in [0.15, 0.2) is 54.6 Å². The quantitative estimate of drug-likeness (QED) is 0.700. The Morgan fingerprint density at radius 3 is 2.41 bits per heavy atom. The van der Waals surface area contributed by atoms with E-state index in [9.17, 15) is 14.4 Å². The summed E-state index contributed by atoms with van der Waals surface area (Å²) in [5, 5.41) is 2.39. The topological polar surface area (TPSA) is 66.5 Å². The molecule has 1 N–H and O–H groups in total. The zero-order valence-corrected chi connectivity index (χ0v) is 15.2. The van der Waals surface area contributed by atoms with Crippen molar-refractivity contribution in [2.75, 3.05) is 0 Å². The van der Waals surface area contributed by atoms with Gasteiger partial charge in [0.15, 0.2) is 0 Å². The van der Waals surface area contributed by atoms with Gasteiger partial charge in [-0.15, -0.1) is 0 Å². The van der Waals surface area contributed by atoms with E-state index in [1.165, 1.54) is 0 Å². The number of carbonyl (C=O) groups excluding carboxylic acids is 3. The fourth-order valence-electron chi connectivity index (χ4n) is 3.37. The van der Waals surface area contributed by atoms with Gasteiger partial charge in [-0.2, -0.15) is 5.01 Å². The maximum absolute atomic E-state index is 12.9. The van der Waals surface area contributed by atoms with Gasteiger partial charge in [-0.3, -0.25) is 19.8 Å². The van der Waals surface area contributed by atoms with Gasteiger partial charge in [0.05, 0.1) is 11.1 Å². The number of carbonyl (C=O) groups is 3. The predicted octanol–water partition coefficient (Wildman–Crippen LogP) is 4.00. The molecule has 0 aromatic heterocycles. The second-order valence-corrected chi connectivity index (χ2v) is 6.63. The molecule has 1 aliphatic rings. The van der Waals surface area contributed by atoms with Crippen molar-refractivity contribution in [2.24, 2.45) is 0 Å². The number of amides is 3. The van der Waals surface area contributed by atoms with E-state index in [0.717, 1.165) is 10.6 Å². The molecule has 3 aromatic rings. The normalized spacial score (nSPS) is 13.2. The molecule has 1 aliphatic heterocycles. The van der Waals surface area contributed by atoms with Crippen LogP contribution >= 0.6 is 11.6 Å². The first-order chi connectivity index (χ1) is 13.0. The summed E-state index contributed by atoms with van der Waals surface area (Å²) in [5.74, 6) is -1.66. The summed E-state index contributed by atoms with van der Waals surface area (Å²) in [4.78, 5) is 38.5. The average molecular weight is 379 g/mol. The zero-order chi connectivity index (χ0) is 19.1. The molecule has 3 amide bonds. The number of hydrazine groups is 1. The van der Waals surface area contributed by atoms with Crippen molar-refractivity contribution in [3.8, 4) is 0 Å². The Kier molecular flexibility index (Phi) is 4.16. The van der Waals surface area contributed by atoms with Crippen molar-refractivity contribution in [2.45, 2.75) is 13.3 Å². The van der Waals surface area contributed by atoms with Gasteiger partial charge in [-0.1, -0.05) is 48.9 Å². The van der Waals surface area contributed by atoms with E-state index in [0.29, 0.717) is 38.9 Å². The van der Waals surface area contributed by atoms with Crippen LogP contribution in [0.4, 0.5) is 0 Å². The first-order valence-corrected chi connectivity index (χ1v) is 8.89. The lowest BCUT2D eigenvalue weighted by Crippen LogP contribution is -2.51. The van der Waals surface area contributed by atoms with Crippen molar-refractivity contribution in [1.29, 1.82) is 0 Å². The van der Waals surface area contributed by atoms with E-state index in [2.05, 4.69) is 5.43 Å². The SMILES string of the molecule is CCc1ccccc1C(=O)NN1C(=O)c2cccc3c(Cl)ccc(c23)C1=O. The molecule has 6 heteroatoms. The first kappa shape index (κ1) is 17.2. The van der Waals surface area contributed by atoms with E-state index in [-0.39, 0.29) is 0 Å². The Morgan fingerprint density at radius 1 is 0.963 bits per heavy atom. The van der Waals surface area contributed by atoms with E-state index in [4.69, 9.17) is 11.6 Å². The van der Waals surface area contributed by atoms with Crippen LogP contribution in [-0.2, 0) is 6.42 Å². The smallest absolute Gasteiger partial charge is 0.267 e. The number of hydrogen-bond acceptors (Lipinski definition) is 3. The molecule has 134 valence electrons. The summed E-state index contributed by atoms with van der Waals surface area (Å²) in [6.07, 6.45) is 0.659. The van der Waals surface area contributed by atoms with Crippen LogP contribution < -0.4 is 5.43 Å². The number of aryl methyl sites for hydroxylation is 1. The molecular formula is C21H15ClN2O3. The summed E-state index contributed by atoms with van der Waals surface area (Å²) in [6, 6.07) is 15.4. The van der Waals surface area contributed by atoms with Gasteiger partial charge in [0.25, 0.3) is 17.7 Å². The van der Waals surface area contributed by atoms with Crippen LogP contribution in [0.1, 0.15) is 43.6 Å². The number of halogens is 1. The van der Waals surface area contributed by atoms with Crippen LogP contribution in [0.5, 0.6) is 0 Å². The van der Waals surface area contributed by atoms with Gasteiger partial charge in [0.2, 0.25) is 0 Å². The van der Waals surface area contributed by atoms with E-state index in [1.807, 2.05) is 19.1 Å². The standard InChI is InChI=1S/C21H15ClN2O3/c1-2-12-6-3-4-7-13(12)19(25)23-24-20(26)15-9-5-8-14-17(22)11-10-16(18(14)15)21(24)27/h3-11H,2H2,1H3,(H,23,25). The van der Waals surface area contributed by atoms with Crippen molar-refractivity contribution in [3.63, 3.8) is 0 Å². The van der Waals surface area contributed by atoms with Crippen molar-refractivity contribution >= 4 is 40.1 Å². The number of benzene rings is 3. The molecule has 0 fully saturated rings. The molecule has 0 aliphatic carbocycles. The average Bonchev–Trinajstić information content (AvgIpc) is 2.70. The van der Waals surface area contributed by atoms with E-state index in [1.54, 1.807) is 42.5 Å². The van der Waals surface area contributed by atoms with Crippen molar-refractivity contribution < 1.29 is 14.4 Å². The Morgan fingerprint density at radius 2 is 1.67 bits per heavy atom. The Balaban J connectivity index is 1.76. The highest BCUT2D eigenvalue weighted by Crippen LogP contribution is 2.33. The van der Waals surface area contributed by atoms with Crippen molar-refractivity contribution in [1.82, 2.24) is 10.4 Å². The van der Waals surface area contributed by atoms with Crippen LogP contribution in [0.2, 0.25) is 5.02 Å².